The summed E-state index contributed by atoms with van der Waals surface area (Å²) in [6, 6.07) is 6.52. The van der Waals surface area contributed by atoms with Crippen LogP contribution in [0.5, 0.6) is 0 Å². The first-order valence-electron chi connectivity index (χ1n) is 8.91. The predicted molar refractivity (Wildman–Crippen MR) is 107 cm³/mol. The van der Waals surface area contributed by atoms with Gasteiger partial charge in [0.25, 0.3) is 0 Å². The number of halogens is 1. The highest BCUT2D eigenvalue weighted by molar-refractivity contribution is 7.16. The Labute approximate surface area is 155 Å². The van der Waals surface area contributed by atoms with Crippen molar-refractivity contribution in [1.82, 2.24) is 9.47 Å². The molecule has 1 aliphatic heterocycles. The maximum Gasteiger partial charge on any atom is 0.308 e. The molecule has 3 nitrogen and oxygen atoms in total. The Hall–Kier alpha value is -0.840. The van der Waals surface area contributed by atoms with Gasteiger partial charge in [-0.3, -0.25) is 9.36 Å². The molecule has 0 bridgehead atoms. The highest BCUT2D eigenvalue weighted by Crippen LogP contribution is 2.22. The van der Waals surface area contributed by atoms with Crippen LogP contribution in [0.3, 0.4) is 0 Å². The lowest BCUT2D eigenvalue weighted by molar-refractivity contribution is 0.137. The number of piperidine rings is 1. The predicted octanol–water partition coefficient (Wildman–Crippen LogP) is 4.42. The molecule has 0 saturated carbocycles. The maximum absolute atomic E-state index is 12.4. The van der Waals surface area contributed by atoms with Gasteiger partial charge in [0.15, 0.2) is 0 Å². The second-order valence-corrected chi connectivity index (χ2v) is 8.27. The van der Waals surface area contributed by atoms with Crippen LogP contribution in [0.4, 0.5) is 0 Å². The Kier molecular flexibility index (Phi) is 6.90. The third-order valence-corrected chi connectivity index (χ3v) is 5.80. The van der Waals surface area contributed by atoms with Crippen molar-refractivity contribution in [2.75, 3.05) is 19.6 Å². The largest absolute Gasteiger partial charge is 0.308 e. The van der Waals surface area contributed by atoms with Crippen LogP contribution in [-0.2, 0) is 13.0 Å². The lowest BCUT2D eigenvalue weighted by atomic mass is 9.92. The van der Waals surface area contributed by atoms with E-state index in [2.05, 4.69) is 43.9 Å². The van der Waals surface area contributed by atoms with Crippen molar-refractivity contribution in [3.8, 4) is 0 Å². The number of aromatic nitrogens is 1. The standard InChI is InChI=1S/C19H28N2OS.ClH/c1-4-5-16-6-7-17-18(11-16)23-19(22)21(17)9-8-20-12-14(2)10-15(3)13-20;/h6-7,11,14-15H,4-5,8-10,12-13H2,1-3H3;1H. The normalized spacial score (nSPS) is 21.8. The summed E-state index contributed by atoms with van der Waals surface area (Å²) in [6.45, 7) is 11.0. The molecule has 2 atom stereocenters. The zero-order valence-corrected chi connectivity index (χ0v) is 16.6. The Bertz CT molecular complexity index is 714. The molecule has 0 spiro atoms. The average Bonchev–Trinajstić information content (AvgIpc) is 2.79. The fraction of sp³-hybridized carbons (Fsp3) is 0.632. The first-order valence-corrected chi connectivity index (χ1v) is 9.73. The summed E-state index contributed by atoms with van der Waals surface area (Å²) in [6.07, 6.45) is 3.57. The number of likely N-dealkylation sites (tertiary alicyclic amines) is 1. The van der Waals surface area contributed by atoms with Crippen molar-refractivity contribution in [3.05, 3.63) is 33.4 Å². The Morgan fingerprint density at radius 2 is 1.88 bits per heavy atom. The van der Waals surface area contributed by atoms with Crippen molar-refractivity contribution in [2.45, 2.75) is 46.6 Å². The molecular formula is C19H29ClN2OS. The fourth-order valence-corrected chi connectivity index (χ4v) is 4.96. The van der Waals surface area contributed by atoms with E-state index in [1.807, 2.05) is 4.57 Å². The van der Waals surface area contributed by atoms with Gasteiger partial charge in [-0.2, -0.15) is 0 Å². The summed E-state index contributed by atoms with van der Waals surface area (Å²) in [5, 5.41) is 0. The Morgan fingerprint density at radius 3 is 2.54 bits per heavy atom. The Morgan fingerprint density at radius 1 is 1.17 bits per heavy atom. The minimum Gasteiger partial charge on any atom is -0.301 e. The van der Waals surface area contributed by atoms with E-state index in [1.54, 1.807) is 0 Å². The summed E-state index contributed by atoms with van der Waals surface area (Å²) in [4.78, 5) is 15.1. The number of hydrogen-bond donors (Lipinski definition) is 0. The molecule has 1 aliphatic rings. The monoisotopic (exact) mass is 368 g/mol. The molecule has 0 radical (unpaired) electrons. The molecule has 1 aromatic heterocycles. The molecule has 1 saturated heterocycles. The molecule has 2 unspecified atom stereocenters. The second kappa shape index (κ2) is 8.50. The van der Waals surface area contributed by atoms with Crippen molar-refractivity contribution in [3.63, 3.8) is 0 Å². The van der Waals surface area contributed by atoms with Gasteiger partial charge in [-0.25, -0.2) is 0 Å². The highest BCUT2D eigenvalue weighted by atomic mass is 35.5. The molecular weight excluding hydrogens is 340 g/mol. The van der Waals surface area contributed by atoms with Gasteiger partial charge in [0.2, 0.25) is 0 Å². The van der Waals surface area contributed by atoms with Gasteiger partial charge in [0.1, 0.15) is 0 Å². The molecule has 0 N–H and O–H groups in total. The second-order valence-electron chi connectivity index (χ2n) is 7.28. The van der Waals surface area contributed by atoms with Gasteiger partial charge in [0, 0.05) is 26.2 Å². The third-order valence-electron chi connectivity index (χ3n) is 4.86. The molecule has 0 aliphatic carbocycles. The third kappa shape index (κ3) is 4.41. The molecule has 0 amide bonds. The zero-order chi connectivity index (χ0) is 16.4. The van der Waals surface area contributed by atoms with Crippen LogP contribution in [0.15, 0.2) is 23.0 Å². The van der Waals surface area contributed by atoms with Crippen LogP contribution in [0.2, 0.25) is 0 Å². The molecule has 134 valence electrons. The minimum atomic E-state index is 0. The lowest BCUT2D eigenvalue weighted by Gasteiger charge is -2.34. The minimum absolute atomic E-state index is 0. The summed E-state index contributed by atoms with van der Waals surface area (Å²) in [5.74, 6) is 1.54. The van der Waals surface area contributed by atoms with Gasteiger partial charge in [-0.15, -0.1) is 12.4 Å². The zero-order valence-electron chi connectivity index (χ0n) is 15.0. The molecule has 1 aromatic carbocycles. The number of thiazole rings is 1. The number of aryl methyl sites for hydroxylation is 1. The van der Waals surface area contributed by atoms with E-state index in [0.717, 1.165) is 48.0 Å². The van der Waals surface area contributed by atoms with E-state index in [-0.39, 0.29) is 17.3 Å². The number of hydrogen-bond acceptors (Lipinski definition) is 3. The van der Waals surface area contributed by atoms with Gasteiger partial charge >= 0.3 is 4.87 Å². The van der Waals surface area contributed by atoms with Crippen LogP contribution in [0, 0.1) is 11.8 Å². The summed E-state index contributed by atoms with van der Waals surface area (Å²) in [7, 11) is 0. The van der Waals surface area contributed by atoms with Crippen LogP contribution >= 0.6 is 23.7 Å². The number of rotatable bonds is 5. The van der Waals surface area contributed by atoms with Gasteiger partial charge in [0.05, 0.1) is 10.2 Å². The van der Waals surface area contributed by atoms with Crippen LogP contribution < -0.4 is 4.87 Å². The first-order chi connectivity index (χ1) is 11.1. The molecule has 2 aromatic rings. The van der Waals surface area contributed by atoms with Crippen molar-refractivity contribution >= 4 is 34.0 Å². The van der Waals surface area contributed by atoms with E-state index in [4.69, 9.17) is 0 Å². The number of fused-ring (bicyclic) bond motifs is 1. The number of nitrogens with zero attached hydrogens (tertiary/aromatic N) is 2. The molecule has 24 heavy (non-hydrogen) atoms. The van der Waals surface area contributed by atoms with E-state index in [0.29, 0.717) is 0 Å². The summed E-state index contributed by atoms with van der Waals surface area (Å²) in [5.41, 5.74) is 2.45. The smallest absolute Gasteiger partial charge is 0.301 e. The SMILES string of the molecule is CCCc1ccc2c(c1)sc(=O)n2CCN1CC(C)CC(C)C1.Cl. The van der Waals surface area contributed by atoms with Crippen molar-refractivity contribution in [1.29, 1.82) is 0 Å². The number of benzene rings is 1. The lowest BCUT2D eigenvalue weighted by Crippen LogP contribution is -2.40. The van der Waals surface area contributed by atoms with E-state index in [9.17, 15) is 4.79 Å². The van der Waals surface area contributed by atoms with Crippen molar-refractivity contribution < 1.29 is 0 Å². The first kappa shape index (κ1) is 19.5. The summed E-state index contributed by atoms with van der Waals surface area (Å²) >= 11 is 1.40. The molecule has 1 fully saturated rings. The maximum atomic E-state index is 12.4. The van der Waals surface area contributed by atoms with E-state index in [1.165, 1.54) is 36.4 Å². The molecule has 5 heteroatoms. The van der Waals surface area contributed by atoms with E-state index >= 15 is 0 Å². The van der Waals surface area contributed by atoms with E-state index < -0.39 is 0 Å². The average molecular weight is 369 g/mol. The van der Waals surface area contributed by atoms with Crippen LogP contribution in [0.25, 0.3) is 10.2 Å². The van der Waals surface area contributed by atoms with Crippen LogP contribution in [-0.4, -0.2) is 29.1 Å². The summed E-state index contributed by atoms with van der Waals surface area (Å²) < 4.78 is 3.11. The van der Waals surface area contributed by atoms with Gasteiger partial charge < -0.3 is 4.90 Å². The molecule has 3 rings (SSSR count). The van der Waals surface area contributed by atoms with Crippen molar-refractivity contribution in [2.24, 2.45) is 11.8 Å². The quantitative estimate of drug-likeness (QED) is 0.780. The Balaban J connectivity index is 0.00000208. The highest BCUT2D eigenvalue weighted by Gasteiger charge is 2.21. The molecule has 2 heterocycles. The van der Waals surface area contributed by atoms with Gasteiger partial charge in [-0.05, 0) is 42.4 Å². The van der Waals surface area contributed by atoms with Gasteiger partial charge in [-0.1, -0.05) is 44.6 Å². The topological polar surface area (TPSA) is 25.2 Å². The van der Waals surface area contributed by atoms with Crippen LogP contribution in [0.1, 0.15) is 39.2 Å². The fourth-order valence-electron chi connectivity index (χ4n) is 3.98.